The number of hydrogen-bond acceptors (Lipinski definition) is 6. The van der Waals surface area contributed by atoms with Crippen molar-refractivity contribution in [3.63, 3.8) is 0 Å². The Balaban J connectivity index is 0.000000559. The van der Waals surface area contributed by atoms with Crippen LogP contribution in [0.25, 0.3) is 11.3 Å². The highest BCUT2D eigenvalue weighted by Gasteiger charge is 2.31. The molecular formula is C30H37F4N3O3. The summed E-state index contributed by atoms with van der Waals surface area (Å²) in [6.45, 7) is 5.91. The first-order valence-corrected chi connectivity index (χ1v) is 13.6. The summed E-state index contributed by atoms with van der Waals surface area (Å²) in [4.78, 5) is 8.60. The zero-order chi connectivity index (χ0) is 29.0. The Kier molecular flexibility index (Phi) is 12.0. The first kappa shape index (κ1) is 31.1. The van der Waals surface area contributed by atoms with Gasteiger partial charge in [0.2, 0.25) is 0 Å². The molecule has 3 aromatic rings. The second kappa shape index (κ2) is 15.4. The summed E-state index contributed by atoms with van der Waals surface area (Å²) in [7, 11) is 1.44. The molecule has 1 atom stereocenters. The molecule has 0 bridgehead atoms. The fourth-order valence-corrected chi connectivity index (χ4v) is 3.78. The van der Waals surface area contributed by atoms with Gasteiger partial charge < -0.3 is 19.5 Å². The van der Waals surface area contributed by atoms with Crippen LogP contribution >= 0.6 is 0 Å². The number of unbranched alkanes of at least 4 members (excludes halogenated alkanes) is 4. The minimum Gasteiger partial charge on any atom is -0.491 e. The van der Waals surface area contributed by atoms with Crippen molar-refractivity contribution in [2.45, 2.75) is 64.7 Å². The number of methoxy groups -OCH3 is 1. The minimum absolute atomic E-state index is 0.133. The highest BCUT2D eigenvalue weighted by molar-refractivity contribution is 5.64. The van der Waals surface area contributed by atoms with Crippen LogP contribution in [0, 0.1) is 5.82 Å². The summed E-state index contributed by atoms with van der Waals surface area (Å²) in [6, 6.07) is 11.7. The van der Waals surface area contributed by atoms with E-state index in [9.17, 15) is 17.6 Å². The number of halogens is 4. The summed E-state index contributed by atoms with van der Waals surface area (Å²) in [5.41, 5.74) is 0.513. The lowest BCUT2D eigenvalue weighted by Crippen LogP contribution is -2.10. The summed E-state index contributed by atoms with van der Waals surface area (Å²) < 4.78 is 68.2. The van der Waals surface area contributed by atoms with E-state index in [1.165, 1.54) is 39.2 Å². The molecule has 2 heterocycles. The number of anilines is 1. The number of ether oxygens (including phenoxy) is 3. The summed E-state index contributed by atoms with van der Waals surface area (Å²) in [5.74, 6) is 0.204. The molecule has 1 saturated heterocycles. The zero-order valence-corrected chi connectivity index (χ0v) is 23.2. The molecule has 0 amide bonds. The molecule has 1 aliphatic heterocycles. The monoisotopic (exact) mass is 563 g/mol. The Bertz CT molecular complexity index is 1200. The normalized spacial score (nSPS) is 14.2. The number of nitrogens with zero attached hydrogens (tertiary/aromatic N) is 2. The van der Waals surface area contributed by atoms with Crippen molar-refractivity contribution in [2.24, 2.45) is 0 Å². The number of epoxide rings is 1. The van der Waals surface area contributed by atoms with Crippen LogP contribution in [-0.4, -0.2) is 42.9 Å². The maximum atomic E-state index is 14.1. The van der Waals surface area contributed by atoms with Crippen LogP contribution < -0.4 is 14.8 Å². The standard InChI is InChI=1S/C23H21F4N3O3.C7H16/c1-31-22-29-20(15-3-2-4-17(9-15)32-12-18-13-33-18)11-21(30-22)28-8-7-14-5-6-16(10-19(14)24)23(25,26)27;1-3-5-7-6-4-2/h2-6,9-11,18H,7-8,12-13H2,1H3,(H,28,29,30);3-7H2,1-2H3. The smallest absolute Gasteiger partial charge is 0.416 e. The van der Waals surface area contributed by atoms with E-state index in [0.29, 0.717) is 36.5 Å². The van der Waals surface area contributed by atoms with Crippen molar-refractivity contribution >= 4 is 5.82 Å². The fourth-order valence-electron chi connectivity index (χ4n) is 3.78. The number of aromatic nitrogens is 2. The molecule has 0 saturated carbocycles. The lowest BCUT2D eigenvalue weighted by molar-refractivity contribution is -0.137. The Morgan fingerprint density at radius 3 is 2.38 bits per heavy atom. The molecule has 40 heavy (non-hydrogen) atoms. The average Bonchev–Trinajstić information content (AvgIpc) is 3.78. The summed E-state index contributed by atoms with van der Waals surface area (Å²) in [5, 5.41) is 3.05. The lowest BCUT2D eigenvalue weighted by Gasteiger charge is -2.12. The van der Waals surface area contributed by atoms with E-state index in [2.05, 4.69) is 29.1 Å². The summed E-state index contributed by atoms with van der Waals surface area (Å²) >= 11 is 0. The van der Waals surface area contributed by atoms with Gasteiger partial charge in [0.15, 0.2) is 0 Å². The molecule has 1 N–H and O–H groups in total. The van der Waals surface area contributed by atoms with Crippen LogP contribution in [0.5, 0.6) is 11.8 Å². The van der Waals surface area contributed by atoms with E-state index in [-0.39, 0.29) is 30.6 Å². The molecule has 1 aliphatic rings. The Morgan fingerprint density at radius 2 is 1.75 bits per heavy atom. The molecular weight excluding hydrogens is 526 g/mol. The Morgan fingerprint density at radius 1 is 1.00 bits per heavy atom. The SMILES string of the molecule is CCCCCCC.COc1nc(NCCc2ccc(C(F)(F)F)cc2F)cc(-c2cccc(OCC3CO3)c2)n1. The van der Waals surface area contributed by atoms with Gasteiger partial charge in [-0.2, -0.15) is 23.1 Å². The molecule has 6 nitrogen and oxygen atoms in total. The van der Waals surface area contributed by atoms with E-state index in [0.717, 1.165) is 17.7 Å². The average molecular weight is 564 g/mol. The van der Waals surface area contributed by atoms with Gasteiger partial charge in [0, 0.05) is 18.2 Å². The Hall–Kier alpha value is -3.40. The zero-order valence-electron chi connectivity index (χ0n) is 23.2. The van der Waals surface area contributed by atoms with E-state index >= 15 is 0 Å². The second-order valence-electron chi connectivity index (χ2n) is 9.46. The largest absolute Gasteiger partial charge is 0.491 e. The van der Waals surface area contributed by atoms with E-state index in [1.54, 1.807) is 6.07 Å². The van der Waals surface area contributed by atoms with Gasteiger partial charge in [-0.1, -0.05) is 64.2 Å². The van der Waals surface area contributed by atoms with E-state index in [1.807, 2.05) is 24.3 Å². The van der Waals surface area contributed by atoms with Crippen LogP contribution in [0.2, 0.25) is 0 Å². The second-order valence-corrected chi connectivity index (χ2v) is 9.46. The molecule has 4 rings (SSSR count). The molecule has 2 aromatic carbocycles. The third-order valence-corrected chi connectivity index (χ3v) is 6.14. The first-order valence-electron chi connectivity index (χ1n) is 13.6. The van der Waals surface area contributed by atoms with Gasteiger partial charge in [0.1, 0.15) is 30.1 Å². The predicted octanol–water partition coefficient (Wildman–Crippen LogP) is 7.72. The van der Waals surface area contributed by atoms with Crippen molar-refractivity contribution < 1.29 is 31.8 Å². The van der Waals surface area contributed by atoms with Gasteiger partial charge in [-0.15, -0.1) is 0 Å². The van der Waals surface area contributed by atoms with E-state index < -0.39 is 17.6 Å². The van der Waals surface area contributed by atoms with Gasteiger partial charge in [-0.05, 0) is 36.2 Å². The van der Waals surface area contributed by atoms with Crippen LogP contribution in [-0.2, 0) is 17.3 Å². The minimum atomic E-state index is -4.58. The van der Waals surface area contributed by atoms with Gasteiger partial charge in [0.05, 0.1) is 25.0 Å². The topological polar surface area (TPSA) is 68.8 Å². The van der Waals surface area contributed by atoms with Gasteiger partial charge in [0.25, 0.3) is 0 Å². The van der Waals surface area contributed by atoms with E-state index in [4.69, 9.17) is 14.2 Å². The molecule has 0 radical (unpaired) electrons. The molecule has 1 unspecified atom stereocenters. The van der Waals surface area contributed by atoms with Gasteiger partial charge in [-0.25, -0.2) is 4.39 Å². The van der Waals surface area contributed by atoms with Crippen LogP contribution in [0.15, 0.2) is 48.5 Å². The van der Waals surface area contributed by atoms with Crippen LogP contribution in [0.3, 0.4) is 0 Å². The highest BCUT2D eigenvalue weighted by Crippen LogP contribution is 2.30. The number of rotatable bonds is 13. The number of alkyl halides is 3. The van der Waals surface area contributed by atoms with Crippen molar-refractivity contribution in [2.75, 3.05) is 32.2 Å². The van der Waals surface area contributed by atoms with Crippen molar-refractivity contribution in [3.8, 4) is 23.0 Å². The molecule has 0 aliphatic carbocycles. The fraction of sp³-hybridized carbons (Fsp3) is 0.467. The molecule has 1 fully saturated rings. The van der Waals surface area contributed by atoms with Crippen molar-refractivity contribution in [1.29, 1.82) is 0 Å². The maximum absolute atomic E-state index is 14.1. The third-order valence-electron chi connectivity index (χ3n) is 6.14. The third kappa shape index (κ3) is 10.3. The van der Waals surface area contributed by atoms with Crippen LogP contribution in [0.1, 0.15) is 57.1 Å². The van der Waals surface area contributed by atoms with Crippen molar-refractivity contribution in [1.82, 2.24) is 9.97 Å². The first-order chi connectivity index (χ1) is 19.2. The number of nitrogens with one attached hydrogen (secondary N) is 1. The maximum Gasteiger partial charge on any atom is 0.416 e. The molecule has 218 valence electrons. The number of benzene rings is 2. The quantitative estimate of drug-likeness (QED) is 0.130. The molecule has 0 spiro atoms. The molecule has 10 heteroatoms. The highest BCUT2D eigenvalue weighted by atomic mass is 19.4. The summed E-state index contributed by atoms with van der Waals surface area (Å²) in [6.07, 6.45) is 2.73. The van der Waals surface area contributed by atoms with Crippen molar-refractivity contribution in [3.05, 3.63) is 65.5 Å². The van der Waals surface area contributed by atoms with Gasteiger partial charge in [-0.3, -0.25) is 0 Å². The Labute approximate surface area is 233 Å². The molecule has 1 aromatic heterocycles. The van der Waals surface area contributed by atoms with Gasteiger partial charge >= 0.3 is 12.2 Å². The lowest BCUT2D eigenvalue weighted by atomic mass is 10.1. The number of hydrogen-bond donors (Lipinski definition) is 1. The predicted molar refractivity (Wildman–Crippen MR) is 147 cm³/mol. The van der Waals surface area contributed by atoms with Crippen LogP contribution in [0.4, 0.5) is 23.4 Å².